The third kappa shape index (κ3) is 3.35. The van der Waals surface area contributed by atoms with Gasteiger partial charge >= 0.3 is 0 Å². The summed E-state index contributed by atoms with van der Waals surface area (Å²) in [6, 6.07) is 6.81. The molecule has 2 nitrogen and oxygen atoms in total. The van der Waals surface area contributed by atoms with Gasteiger partial charge in [-0.3, -0.25) is 0 Å². The Bertz CT molecular complexity index is 419. The maximum absolute atomic E-state index is 5.54. The Hall–Kier alpha value is -1.02. The molecule has 0 heterocycles. The molecule has 1 N–H and O–H groups in total. The van der Waals surface area contributed by atoms with Crippen molar-refractivity contribution in [1.82, 2.24) is 5.32 Å². The third-order valence-corrected chi connectivity index (χ3v) is 4.79. The Morgan fingerprint density at radius 3 is 2.45 bits per heavy atom. The topological polar surface area (TPSA) is 21.3 Å². The fourth-order valence-electron chi connectivity index (χ4n) is 3.49. The lowest BCUT2D eigenvalue weighted by Crippen LogP contribution is -2.38. The summed E-state index contributed by atoms with van der Waals surface area (Å²) in [5.74, 6) is 1.03. The summed E-state index contributed by atoms with van der Waals surface area (Å²) in [5.41, 5.74) is 2.99. The van der Waals surface area contributed by atoms with Crippen LogP contribution in [0.15, 0.2) is 18.2 Å². The fraction of sp³-hybridized carbons (Fsp3) is 0.667. The fourth-order valence-corrected chi connectivity index (χ4v) is 3.49. The number of methoxy groups -OCH3 is 1. The SMILES string of the molecule is CCNCC1(c2ccc(C)c(OC)c2)CCCCCC1. The van der Waals surface area contributed by atoms with E-state index in [9.17, 15) is 0 Å². The van der Waals surface area contributed by atoms with Crippen molar-refractivity contribution in [3.05, 3.63) is 29.3 Å². The van der Waals surface area contributed by atoms with E-state index in [1.165, 1.54) is 49.7 Å². The molecule has 0 aliphatic heterocycles. The number of rotatable bonds is 5. The minimum Gasteiger partial charge on any atom is -0.496 e. The van der Waals surface area contributed by atoms with Gasteiger partial charge in [-0.05, 0) is 43.5 Å². The lowest BCUT2D eigenvalue weighted by Gasteiger charge is -2.34. The van der Waals surface area contributed by atoms with E-state index in [-0.39, 0.29) is 0 Å². The van der Waals surface area contributed by atoms with Gasteiger partial charge in [-0.15, -0.1) is 0 Å². The molecule has 1 aromatic carbocycles. The largest absolute Gasteiger partial charge is 0.496 e. The van der Waals surface area contributed by atoms with Crippen LogP contribution in [0.4, 0.5) is 0 Å². The average Bonchev–Trinajstić information content (AvgIpc) is 2.72. The minimum absolute atomic E-state index is 0.299. The Labute approximate surface area is 123 Å². The van der Waals surface area contributed by atoms with Gasteiger partial charge in [0.15, 0.2) is 0 Å². The highest BCUT2D eigenvalue weighted by molar-refractivity contribution is 5.40. The van der Waals surface area contributed by atoms with Crippen molar-refractivity contribution in [1.29, 1.82) is 0 Å². The zero-order chi connectivity index (χ0) is 14.4. The number of hydrogen-bond donors (Lipinski definition) is 1. The first kappa shape index (κ1) is 15.4. The van der Waals surface area contributed by atoms with Crippen LogP contribution in [0.25, 0.3) is 0 Å². The van der Waals surface area contributed by atoms with E-state index in [0.717, 1.165) is 18.8 Å². The van der Waals surface area contributed by atoms with Crippen LogP contribution < -0.4 is 10.1 Å². The highest BCUT2D eigenvalue weighted by atomic mass is 16.5. The molecule has 0 unspecified atom stereocenters. The van der Waals surface area contributed by atoms with Gasteiger partial charge in [-0.2, -0.15) is 0 Å². The molecule has 0 aromatic heterocycles. The lowest BCUT2D eigenvalue weighted by atomic mass is 9.74. The van der Waals surface area contributed by atoms with Crippen molar-refractivity contribution in [2.24, 2.45) is 0 Å². The number of ether oxygens (including phenoxy) is 1. The van der Waals surface area contributed by atoms with E-state index in [1.54, 1.807) is 7.11 Å². The number of benzene rings is 1. The van der Waals surface area contributed by atoms with Crippen LogP contribution in [0, 0.1) is 6.92 Å². The normalized spacial score (nSPS) is 18.6. The summed E-state index contributed by atoms with van der Waals surface area (Å²) in [7, 11) is 1.77. The van der Waals surface area contributed by atoms with Crippen molar-refractivity contribution >= 4 is 0 Å². The number of nitrogens with one attached hydrogen (secondary N) is 1. The molecule has 0 spiro atoms. The third-order valence-electron chi connectivity index (χ3n) is 4.79. The second-order valence-electron chi connectivity index (χ2n) is 6.16. The van der Waals surface area contributed by atoms with Crippen LogP contribution in [0.2, 0.25) is 0 Å². The second kappa shape index (κ2) is 7.12. The molecule has 0 radical (unpaired) electrons. The lowest BCUT2D eigenvalue weighted by molar-refractivity contribution is 0.347. The van der Waals surface area contributed by atoms with Gasteiger partial charge in [0, 0.05) is 12.0 Å². The first-order valence-corrected chi connectivity index (χ1v) is 8.08. The van der Waals surface area contributed by atoms with Crippen LogP contribution in [0.1, 0.15) is 56.6 Å². The van der Waals surface area contributed by atoms with Crippen molar-refractivity contribution in [3.8, 4) is 5.75 Å². The number of hydrogen-bond acceptors (Lipinski definition) is 2. The Kier molecular flexibility index (Phi) is 5.47. The van der Waals surface area contributed by atoms with E-state index < -0.39 is 0 Å². The molecule has 112 valence electrons. The number of aryl methyl sites for hydroxylation is 1. The first-order chi connectivity index (χ1) is 9.72. The van der Waals surface area contributed by atoms with Crippen LogP contribution in [-0.4, -0.2) is 20.2 Å². The first-order valence-electron chi connectivity index (χ1n) is 8.08. The summed E-state index contributed by atoms with van der Waals surface area (Å²) in [5, 5.41) is 3.60. The van der Waals surface area contributed by atoms with Crippen molar-refractivity contribution in [3.63, 3.8) is 0 Å². The minimum atomic E-state index is 0.299. The van der Waals surface area contributed by atoms with Crippen LogP contribution in [-0.2, 0) is 5.41 Å². The molecule has 0 atom stereocenters. The summed E-state index contributed by atoms with van der Waals surface area (Å²) in [4.78, 5) is 0. The molecule has 1 fully saturated rings. The van der Waals surface area contributed by atoms with Gasteiger partial charge in [0.05, 0.1) is 7.11 Å². The van der Waals surface area contributed by atoms with Gasteiger partial charge in [-0.1, -0.05) is 44.7 Å². The van der Waals surface area contributed by atoms with E-state index in [2.05, 4.69) is 37.4 Å². The van der Waals surface area contributed by atoms with Crippen molar-refractivity contribution in [2.45, 2.75) is 57.8 Å². The highest BCUT2D eigenvalue weighted by Crippen LogP contribution is 2.39. The quantitative estimate of drug-likeness (QED) is 0.813. The van der Waals surface area contributed by atoms with Gasteiger partial charge in [0.2, 0.25) is 0 Å². The monoisotopic (exact) mass is 275 g/mol. The number of likely N-dealkylation sites (N-methyl/N-ethyl adjacent to an activating group) is 1. The van der Waals surface area contributed by atoms with Crippen LogP contribution in [0.5, 0.6) is 5.75 Å². The standard InChI is InChI=1S/C18H29NO/c1-4-19-14-18(11-7-5-6-8-12-18)16-10-9-15(2)17(13-16)20-3/h9-10,13,19H,4-8,11-12,14H2,1-3H3. The summed E-state index contributed by atoms with van der Waals surface area (Å²) >= 11 is 0. The average molecular weight is 275 g/mol. The molecule has 20 heavy (non-hydrogen) atoms. The molecule has 1 aliphatic carbocycles. The molecule has 1 saturated carbocycles. The van der Waals surface area contributed by atoms with Gasteiger partial charge in [-0.25, -0.2) is 0 Å². The van der Waals surface area contributed by atoms with E-state index in [1.807, 2.05) is 0 Å². The molecule has 0 saturated heterocycles. The maximum Gasteiger partial charge on any atom is 0.122 e. The Balaban J connectivity index is 2.33. The Morgan fingerprint density at radius 1 is 1.15 bits per heavy atom. The molecule has 1 aliphatic rings. The molecule has 2 rings (SSSR count). The van der Waals surface area contributed by atoms with Gasteiger partial charge in [0.1, 0.15) is 5.75 Å². The molecule has 1 aromatic rings. The van der Waals surface area contributed by atoms with Crippen molar-refractivity contribution < 1.29 is 4.74 Å². The molecule has 2 heteroatoms. The van der Waals surface area contributed by atoms with Crippen molar-refractivity contribution in [2.75, 3.05) is 20.2 Å². The van der Waals surface area contributed by atoms with Gasteiger partial charge in [0.25, 0.3) is 0 Å². The molecular weight excluding hydrogens is 246 g/mol. The van der Waals surface area contributed by atoms with E-state index in [0.29, 0.717) is 5.41 Å². The summed E-state index contributed by atoms with van der Waals surface area (Å²) in [6.45, 7) is 6.45. The second-order valence-corrected chi connectivity index (χ2v) is 6.16. The zero-order valence-corrected chi connectivity index (χ0v) is 13.3. The Morgan fingerprint density at radius 2 is 1.85 bits per heavy atom. The maximum atomic E-state index is 5.54. The van der Waals surface area contributed by atoms with E-state index in [4.69, 9.17) is 4.74 Å². The highest BCUT2D eigenvalue weighted by Gasteiger charge is 2.32. The smallest absolute Gasteiger partial charge is 0.122 e. The summed E-state index contributed by atoms with van der Waals surface area (Å²) in [6.07, 6.45) is 8.06. The van der Waals surface area contributed by atoms with Gasteiger partial charge < -0.3 is 10.1 Å². The predicted molar refractivity (Wildman–Crippen MR) is 85.7 cm³/mol. The van der Waals surface area contributed by atoms with Crippen LogP contribution in [0.3, 0.4) is 0 Å². The van der Waals surface area contributed by atoms with Crippen LogP contribution >= 0.6 is 0 Å². The molecule has 0 amide bonds. The molecule has 0 bridgehead atoms. The molecular formula is C18H29NO. The summed E-state index contributed by atoms with van der Waals surface area (Å²) < 4.78 is 5.54. The zero-order valence-electron chi connectivity index (χ0n) is 13.3. The predicted octanol–water partition coefficient (Wildman–Crippen LogP) is 4.21. The van der Waals surface area contributed by atoms with E-state index >= 15 is 0 Å².